The first-order valence-electron chi connectivity index (χ1n) is 10.1. The van der Waals surface area contributed by atoms with Gasteiger partial charge in [-0.05, 0) is 42.5 Å². The average Bonchev–Trinajstić information content (AvgIpc) is 3.39. The molecule has 3 N–H and O–H groups in total. The third-order valence-corrected chi connectivity index (χ3v) is 6.53. The van der Waals surface area contributed by atoms with Crippen LogP contribution in [0.1, 0.15) is 16.8 Å². The molecule has 1 aromatic carbocycles. The van der Waals surface area contributed by atoms with Crippen LogP contribution in [0.4, 0.5) is 5.69 Å². The fraction of sp³-hybridized carbons (Fsp3) is 0.364. The Kier molecular flexibility index (Phi) is 6.08. The van der Waals surface area contributed by atoms with Crippen molar-refractivity contribution < 1.29 is 19.0 Å². The van der Waals surface area contributed by atoms with E-state index in [9.17, 15) is 4.79 Å². The quantitative estimate of drug-likeness (QED) is 0.565. The van der Waals surface area contributed by atoms with Crippen LogP contribution < -0.4 is 15.1 Å². The molecule has 1 amide bonds. The summed E-state index contributed by atoms with van der Waals surface area (Å²) in [5.41, 5.74) is 4.26. The van der Waals surface area contributed by atoms with Gasteiger partial charge in [0.05, 0.1) is 4.88 Å². The second-order valence-corrected chi connectivity index (χ2v) is 8.72. The summed E-state index contributed by atoms with van der Waals surface area (Å²) >= 11 is 1.64. The summed E-state index contributed by atoms with van der Waals surface area (Å²) in [6.45, 7) is 9.56. The SMILES string of the molecule is Cc1cccc(NC(=O)C[NH+]2CC[NH+](Cc3coc(-c4cccs4)n3)CC2)c1C. The molecule has 0 saturated carbocycles. The Hall–Kier alpha value is -2.48. The van der Waals surface area contributed by atoms with Gasteiger partial charge in [0.15, 0.2) is 6.54 Å². The minimum atomic E-state index is 0.0919. The predicted molar refractivity (Wildman–Crippen MR) is 114 cm³/mol. The maximum atomic E-state index is 12.5. The molecular weight excluding hydrogens is 384 g/mol. The minimum Gasteiger partial charge on any atom is -0.443 e. The molecule has 29 heavy (non-hydrogen) atoms. The van der Waals surface area contributed by atoms with Crippen molar-refractivity contribution in [2.75, 3.05) is 38.0 Å². The molecular formula is C22H28N4O2S+2. The van der Waals surface area contributed by atoms with Crippen molar-refractivity contribution in [3.05, 3.63) is 58.8 Å². The van der Waals surface area contributed by atoms with Gasteiger partial charge in [0.25, 0.3) is 5.91 Å². The molecule has 6 nitrogen and oxygen atoms in total. The number of aromatic nitrogens is 1. The highest BCUT2D eigenvalue weighted by Crippen LogP contribution is 2.23. The molecule has 1 fully saturated rings. The number of quaternary nitrogens is 2. The van der Waals surface area contributed by atoms with Gasteiger partial charge in [-0.15, -0.1) is 11.3 Å². The van der Waals surface area contributed by atoms with Crippen LogP contribution in [0.15, 0.2) is 46.4 Å². The largest absolute Gasteiger partial charge is 0.443 e. The summed E-state index contributed by atoms with van der Waals surface area (Å²) in [7, 11) is 0. The van der Waals surface area contributed by atoms with Gasteiger partial charge in [-0.3, -0.25) is 4.79 Å². The lowest BCUT2D eigenvalue weighted by Gasteiger charge is -2.28. The highest BCUT2D eigenvalue weighted by Gasteiger charge is 2.26. The van der Waals surface area contributed by atoms with Crippen LogP contribution in [0, 0.1) is 13.8 Å². The lowest BCUT2D eigenvalue weighted by atomic mass is 10.1. The molecule has 2 aromatic heterocycles. The summed E-state index contributed by atoms with van der Waals surface area (Å²) in [6.07, 6.45) is 1.78. The fourth-order valence-electron chi connectivity index (χ4n) is 3.78. The number of piperazine rings is 1. The highest BCUT2D eigenvalue weighted by atomic mass is 32.1. The number of amides is 1. The zero-order valence-corrected chi connectivity index (χ0v) is 17.8. The van der Waals surface area contributed by atoms with E-state index in [1.54, 1.807) is 17.6 Å². The van der Waals surface area contributed by atoms with Crippen LogP contribution in [0.2, 0.25) is 0 Å². The van der Waals surface area contributed by atoms with Gasteiger partial charge in [-0.25, -0.2) is 4.98 Å². The second-order valence-electron chi connectivity index (χ2n) is 7.77. The molecule has 3 aromatic rings. The molecule has 1 aliphatic rings. The van der Waals surface area contributed by atoms with Gasteiger partial charge in [0.2, 0.25) is 5.89 Å². The van der Waals surface area contributed by atoms with E-state index in [4.69, 9.17) is 4.42 Å². The molecule has 1 aliphatic heterocycles. The predicted octanol–water partition coefficient (Wildman–Crippen LogP) is 0.942. The summed E-state index contributed by atoms with van der Waals surface area (Å²) in [5, 5.41) is 5.11. The number of thiophene rings is 1. The summed E-state index contributed by atoms with van der Waals surface area (Å²) in [6, 6.07) is 10.1. The Labute approximate surface area is 175 Å². The van der Waals surface area contributed by atoms with Crippen molar-refractivity contribution in [3.8, 4) is 10.8 Å². The lowest BCUT2D eigenvalue weighted by Crippen LogP contribution is -3.28. The molecule has 152 valence electrons. The zero-order valence-electron chi connectivity index (χ0n) is 17.0. The number of nitrogens with one attached hydrogen (secondary N) is 3. The Morgan fingerprint density at radius 1 is 1.14 bits per heavy atom. The van der Waals surface area contributed by atoms with Crippen LogP contribution in [0.3, 0.4) is 0 Å². The van der Waals surface area contributed by atoms with E-state index in [0.717, 1.165) is 54.5 Å². The van der Waals surface area contributed by atoms with Crippen molar-refractivity contribution in [1.82, 2.24) is 4.98 Å². The first kappa shape index (κ1) is 19.8. The number of nitrogens with zero attached hydrogens (tertiary/aromatic N) is 1. The molecule has 3 heterocycles. The number of hydrogen-bond donors (Lipinski definition) is 3. The lowest BCUT2D eigenvalue weighted by molar-refractivity contribution is -1.02. The van der Waals surface area contributed by atoms with Crippen molar-refractivity contribution in [3.63, 3.8) is 0 Å². The van der Waals surface area contributed by atoms with Gasteiger partial charge >= 0.3 is 0 Å². The van der Waals surface area contributed by atoms with Crippen molar-refractivity contribution in [2.45, 2.75) is 20.4 Å². The van der Waals surface area contributed by atoms with Gasteiger partial charge in [-0.2, -0.15) is 0 Å². The van der Waals surface area contributed by atoms with Crippen molar-refractivity contribution >= 4 is 22.9 Å². The normalized spacial score (nSPS) is 19.2. The average molecular weight is 413 g/mol. The number of aryl methyl sites for hydroxylation is 1. The number of carbonyl (C=O) groups excluding carboxylic acids is 1. The first-order valence-corrected chi connectivity index (χ1v) is 11.0. The Balaban J connectivity index is 1.24. The molecule has 4 rings (SSSR count). The molecule has 0 unspecified atom stereocenters. The second kappa shape index (κ2) is 8.90. The molecule has 0 radical (unpaired) electrons. The summed E-state index contributed by atoms with van der Waals surface area (Å²) in [4.78, 5) is 21.0. The molecule has 0 atom stereocenters. The molecule has 0 bridgehead atoms. The standard InChI is InChI=1S/C22H26N4O2S/c1-16-5-3-6-19(17(16)2)24-21(27)14-26-10-8-25(9-11-26)13-18-15-28-22(23-18)20-7-4-12-29-20/h3-7,12,15H,8-11,13-14H2,1-2H3,(H,24,27)/p+2. The number of rotatable bonds is 6. The Morgan fingerprint density at radius 2 is 1.93 bits per heavy atom. The third kappa shape index (κ3) is 4.93. The van der Waals surface area contributed by atoms with Crippen LogP contribution in [0.5, 0.6) is 0 Å². The van der Waals surface area contributed by atoms with E-state index >= 15 is 0 Å². The van der Waals surface area contributed by atoms with Crippen LogP contribution in [-0.2, 0) is 11.3 Å². The van der Waals surface area contributed by atoms with E-state index in [0.29, 0.717) is 12.4 Å². The van der Waals surface area contributed by atoms with E-state index < -0.39 is 0 Å². The molecule has 0 aliphatic carbocycles. The highest BCUT2D eigenvalue weighted by molar-refractivity contribution is 7.13. The minimum absolute atomic E-state index is 0.0919. The molecule has 0 spiro atoms. The van der Waals surface area contributed by atoms with E-state index in [1.807, 2.05) is 36.6 Å². The summed E-state index contributed by atoms with van der Waals surface area (Å²) in [5.74, 6) is 0.802. The van der Waals surface area contributed by atoms with E-state index in [1.165, 1.54) is 15.4 Å². The number of anilines is 1. The van der Waals surface area contributed by atoms with E-state index in [2.05, 4.69) is 23.3 Å². The number of hydrogen-bond acceptors (Lipinski definition) is 4. The number of benzene rings is 1. The topological polar surface area (TPSA) is 64.0 Å². The molecule has 1 saturated heterocycles. The molecule has 7 heteroatoms. The maximum Gasteiger partial charge on any atom is 0.279 e. The van der Waals surface area contributed by atoms with Gasteiger partial charge < -0.3 is 19.5 Å². The van der Waals surface area contributed by atoms with Crippen LogP contribution in [-0.4, -0.2) is 43.6 Å². The van der Waals surface area contributed by atoms with Crippen molar-refractivity contribution in [1.29, 1.82) is 0 Å². The van der Waals surface area contributed by atoms with Gasteiger partial charge in [-0.1, -0.05) is 18.2 Å². The fourth-order valence-corrected chi connectivity index (χ4v) is 4.43. The smallest absolute Gasteiger partial charge is 0.279 e. The first-order chi connectivity index (χ1) is 14.1. The van der Waals surface area contributed by atoms with Gasteiger partial charge in [0.1, 0.15) is 44.7 Å². The summed E-state index contributed by atoms with van der Waals surface area (Å²) < 4.78 is 5.63. The maximum absolute atomic E-state index is 12.5. The van der Waals surface area contributed by atoms with Crippen LogP contribution >= 0.6 is 11.3 Å². The monoisotopic (exact) mass is 412 g/mol. The van der Waals surface area contributed by atoms with Crippen molar-refractivity contribution in [2.24, 2.45) is 0 Å². The Bertz CT molecular complexity index is 959. The third-order valence-electron chi connectivity index (χ3n) is 5.67. The number of oxazole rings is 1. The Morgan fingerprint density at radius 3 is 2.69 bits per heavy atom. The van der Waals surface area contributed by atoms with Crippen LogP contribution in [0.25, 0.3) is 10.8 Å². The zero-order chi connectivity index (χ0) is 20.2. The van der Waals surface area contributed by atoms with Gasteiger partial charge in [0, 0.05) is 5.69 Å². The van der Waals surface area contributed by atoms with E-state index in [-0.39, 0.29) is 5.91 Å². The number of carbonyl (C=O) groups is 1.